The van der Waals surface area contributed by atoms with E-state index >= 15 is 0 Å². The molecule has 5 nitrogen and oxygen atoms in total. The van der Waals surface area contributed by atoms with Crippen LogP contribution in [0.1, 0.15) is 12.0 Å². The van der Waals surface area contributed by atoms with E-state index in [9.17, 15) is 18.0 Å². The molecule has 0 fully saturated rings. The molecule has 2 aromatic carbocycles. The summed E-state index contributed by atoms with van der Waals surface area (Å²) in [5, 5.41) is 5.31. The fraction of sp³-hybridized carbons (Fsp3) is 0.316. The van der Waals surface area contributed by atoms with Gasteiger partial charge in [0.2, 0.25) is 5.91 Å². The standard InChI is InChI=1S/C19H21F3N2O3/c1-26-15-6-3-12(11-16(15)27-2)7-9-23-10-8-17(25)24-14-5-4-13(20)18(21)19(14)22/h3-6,11,23H,7-10H2,1-2H3,(H,24,25). The van der Waals surface area contributed by atoms with Gasteiger partial charge in [-0.3, -0.25) is 4.79 Å². The van der Waals surface area contributed by atoms with Gasteiger partial charge in [-0.1, -0.05) is 6.07 Å². The Morgan fingerprint density at radius 1 is 0.963 bits per heavy atom. The number of methoxy groups -OCH3 is 2. The van der Waals surface area contributed by atoms with E-state index in [1.54, 1.807) is 14.2 Å². The zero-order valence-corrected chi connectivity index (χ0v) is 15.1. The van der Waals surface area contributed by atoms with E-state index in [4.69, 9.17) is 9.47 Å². The summed E-state index contributed by atoms with van der Waals surface area (Å²) < 4.78 is 49.9. The summed E-state index contributed by atoms with van der Waals surface area (Å²) in [5.41, 5.74) is 0.651. The molecule has 27 heavy (non-hydrogen) atoms. The summed E-state index contributed by atoms with van der Waals surface area (Å²) in [6.45, 7) is 0.965. The van der Waals surface area contributed by atoms with Crippen molar-refractivity contribution in [1.29, 1.82) is 0 Å². The maximum atomic E-state index is 13.5. The third kappa shape index (κ3) is 5.62. The van der Waals surface area contributed by atoms with Gasteiger partial charge in [0.05, 0.1) is 19.9 Å². The van der Waals surface area contributed by atoms with Crippen LogP contribution < -0.4 is 20.1 Å². The fourth-order valence-corrected chi connectivity index (χ4v) is 2.43. The largest absolute Gasteiger partial charge is 0.493 e. The zero-order valence-electron chi connectivity index (χ0n) is 15.1. The molecule has 2 N–H and O–H groups in total. The van der Waals surface area contributed by atoms with Crippen molar-refractivity contribution in [3.8, 4) is 11.5 Å². The minimum atomic E-state index is -1.61. The summed E-state index contributed by atoms with van der Waals surface area (Å²) >= 11 is 0. The first kappa shape index (κ1) is 20.6. The number of nitrogens with one attached hydrogen (secondary N) is 2. The highest BCUT2D eigenvalue weighted by Crippen LogP contribution is 2.27. The van der Waals surface area contributed by atoms with E-state index in [-0.39, 0.29) is 12.1 Å². The first-order valence-corrected chi connectivity index (χ1v) is 8.31. The van der Waals surface area contributed by atoms with Crippen LogP contribution in [0.25, 0.3) is 0 Å². The lowest BCUT2D eigenvalue weighted by atomic mass is 10.1. The molecular weight excluding hydrogens is 361 g/mol. The number of hydrogen-bond acceptors (Lipinski definition) is 4. The summed E-state index contributed by atoms with van der Waals surface area (Å²) in [4.78, 5) is 11.8. The van der Waals surface area contributed by atoms with E-state index < -0.39 is 23.4 Å². The summed E-state index contributed by atoms with van der Waals surface area (Å²) in [7, 11) is 3.13. The fourth-order valence-electron chi connectivity index (χ4n) is 2.43. The Morgan fingerprint density at radius 3 is 2.41 bits per heavy atom. The lowest BCUT2D eigenvalue weighted by Gasteiger charge is -2.10. The van der Waals surface area contributed by atoms with Gasteiger partial charge < -0.3 is 20.1 Å². The lowest BCUT2D eigenvalue weighted by Crippen LogP contribution is -2.24. The number of rotatable bonds is 9. The summed E-state index contributed by atoms with van der Waals surface area (Å²) in [6.07, 6.45) is 0.768. The molecule has 8 heteroatoms. The average molecular weight is 382 g/mol. The zero-order chi connectivity index (χ0) is 19.8. The molecule has 0 spiro atoms. The molecule has 0 aromatic heterocycles. The van der Waals surface area contributed by atoms with Crippen LogP contribution >= 0.6 is 0 Å². The van der Waals surface area contributed by atoms with Gasteiger partial charge >= 0.3 is 0 Å². The van der Waals surface area contributed by atoms with Crippen molar-refractivity contribution in [3.63, 3.8) is 0 Å². The molecule has 1 amide bonds. The van der Waals surface area contributed by atoms with Crippen molar-refractivity contribution in [2.75, 3.05) is 32.6 Å². The molecule has 0 unspecified atom stereocenters. The molecule has 0 saturated heterocycles. The molecule has 0 saturated carbocycles. The van der Waals surface area contributed by atoms with Crippen LogP contribution in [0.3, 0.4) is 0 Å². The van der Waals surface area contributed by atoms with Gasteiger partial charge in [0.15, 0.2) is 29.0 Å². The minimum absolute atomic E-state index is 0.0599. The molecule has 0 bridgehead atoms. The topological polar surface area (TPSA) is 59.6 Å². The van der Waals surface area contributed by atoms with Gasteiger partial charge in [0.25, 0.3) is 0 Å². The Balaban J connectivity index is 1.74. The Kier molecular flexibility index (Phi) is 7.48. The summed E-state index contributed by atoms with van der Waals surface area (Å²) in [6, 6.07) is 7.35. The Labute approximate surface area is 155 Å². The van der Waals surface area contributed by atoms with Gasteiger partial charge in [-0.25, -0.2) is 13.2 Å². The highest BCUT2D eigenvalue weighted by atomic mass is 19.2. The average Bonchev–Trinajstić information content (AvgIpc) is 2.68. The van der Waals surface area contributed by atoms with Crippen LogP contribution in [-0.4, -0.2) is 33.2 Å². The molecule has 0 atom stereocenters. The van der Waals surface area contributed by atoms with Crippen LogP contribution in [-0.2, 0) is 11.2 Å². The third-order valence-corrected chi connectivity index (χ3v) is 3.88. The van der Waals surface area contributed by atoms with Crippen LogP contribution in [0.5, 0.6) is 11.5 Å². The maximum absolute atomic E-state index is 13.5. The minimum Gasteiger partial charge on any atom is -0.493 e. The van der Waals surface area contributed by atoms with Crippen LogP contribution in [0.15, 0.2) is 30.3 Å². The first-order valence-electron chi connectivity index (χ1n) is 8.31. The Bertz CT molecular complexity index is 800. The number of carbonyl (C=O) groups excluding carboxylic acids is 1. The monoisotopic (exact) mass is 382 g/mol. The van der Waals surface area contributed by atoms with E-state index in [0.29, 0.717) is 31.0 Å². The molecule has 0 radical (unpaired) electrons. The van der Waals surface area contributed by atoms with Gasteiger partial charge in [-0.05, 0) is 42.8 Å². The van der Waals surface area contributed by atoms with Crippen LogP contribution in [0, 0.1) is 17.5 Å². The van der Waals surface area contributed by atoms with E-state index in [0.717, 1.165) is 17.7 Å². The molecular formula is C19H21F3N2O3. The maximum Gasteiger partial charge on any atom is 0.225 e. The normalized spacial score (nSPS) is 10.6. The first-order chi connectivity index (χ1) is 13.0. The van der Waals surface area contributed by atoms with Crippen molar-refractivity contribution >= 4 is 11.6 Å². The second kappa shape index (κ2) is 9.82. The van der Waals surface area contributed by atoms with Crippen LogP contribution in [0.4, 0.5) is 18.9 Å². The number of ether oxygens (including phenoxy) is 2. The van der Waals surface area contributed by atoms with Crippen LogP contribution in [0.2, 0.25) is 0 Å². The smallest absolute Gasteiger partial charge is 0.225 e. The Hall–Kier alpha value is -2.74. The van der Waals surface area contributed by atoms with Crippen molar-refractivity contribution in [2.24, 2.45) is 0 Å². The van der Waals surface area contributed by atoms with E-state index in [2.05, 4.69) is 10.6 Å². The number of halogens is 3. The van der Waals surface area contributed by atoms with Gasteiger partial charge in [-0.15, -0.1) is 0 Å². The highest BCUT2D eigenvalue weighted by molar-refractivity contribution is 5.90. The molecule has 0 aliphatic carbocycles. The molecule has 0 aliphatic heterocycles. The predicted octanol–water partition coefficient (Wildman–Crippen LogP) is 3.28. The SMILES string of the molecule is COc1ccc(CCNCCC(=O)Nc2ccc(F)c(F)c2F)cc1OC. The molecule has 146 valence electrons. The predicted molar refractivity (Wildman–Crippen MR) is 95.7 cm³/mol. The van der Waals surface area contributed by atoms with Gasteiger partial charge in [0, 0.05) is 13.0 Å². The second-order valence-corrected chi connectivity index (χ2v) is 5.71. The molecule has 0 heterocycles. The number of amides is 1. The number of carbonyl (C=O) groups is 1. The number of hydrogen-bond donors (Lipinski definition) is 2. The third-order valence-electron chi connectivity index (χ3n) is 3.88. The number of anilines is 1. The van der Waals surface area contributed by atoms with Gasteiger partial charge in [-0.2, -0.15) is 0 Å². The quantitative estimate of drug-likeness (QED) is 0.516. The second-order valence-electron chi connectivity index (χ2n) is 5.71. The molecule has 2 aromatic rings. The lowest BCUT2D eigenvalue weighted by molar-refractivity contribution is -0.116. The van der Waals surface area contributed by atoms with Crippen molar-refractivity contribution in [1.82, 2.24) is 5.32 Å². The van der Waals surface area contributed by atoms with Crippen molar-refractivity contribution in [2.45, 2.75) is 12.8 Å². The molecule has 2 rings (SSSR count). The molecule has 0 aliphatic rings. The van der Waals surface area contributed by atoms with E-state index in [1.807, 2.05) is 18.2 Å². The van der Waals surface area contributed by atoms with E-state index in [1.165, 1.54) is 0 Å². The Morgan fingerprint density at radius 2 is 1.70 bits per heavy atom. The van der Waals surface area contributed by atoms with Crippen molar-refractivity contribution in [3.05, 3.63) is 53.3 Å². The summed E-state index contributed by atoms with van der Waals surface area (Å²) in [5.74, 6) is -3.54. The van der Waals surface area contributed by atoms with Crippen molar-refractivity contribution < 1.29 is 27.4 Å². The van der Waals surface area contributed by atoms with Gasteiger partial charge in [0.1, 0.15) is 0 Å². The highest BCUT2D eigenvalue weighted by Gasteiger charge is 2.15. The number of benzene rings is 2.